The van der Waals surface area contributed by atoms with E-state index in [-0.39, 0.29) is 18.0 Å². The van der Waals surface area contributed by atoms with E-state index in [1.54, 1.807) is 24.3 Å². The third-order valence-electron chi connectivity index (χ3n) is 5.28. The normalized spacial score (nSPS) is 11.1. The molecule has 0 aromatic heterocycles. The van der Waals surface area contributed by atoms with Gasteiger partial charge in [0.05, 0.1) is 23.7 Å². The smallest absolute Gasteiger partial charge is 0.264 e. The van der Waals surface area contributed by atoms with E-state index in [9.17, 15) is 13.2 Å². The first-order chi connectivity index (χ1) is 17.3. The number of carbonyl (C=O) groups excluding carboxylic acids is 1. The molecule has 192 valence electrons. The second-order valence-corrected chi connectivity index (χ2v) is 10.3. The van der Waals surface area contributed by atoms with Gasteiger partial charge in [0, 0.05) is 5.02 Å². The van der Waals surface area contributed by atoms with Gasteiger partial charge in [-0.3, -0.25) is 9.10 Å². The van der Waals surface area contributed by atoms with Crippen molar-refractivity contribution in [3.05, 3.63) is 83.4 Å². The van der Waals surface area contributed by atoms with Crippen LogP contribution in [-0.4, -0.2) is 40.6 Å². The highest BCUT2D eigenvalue weighted by atomic mass is 35.5. The average molecular weight is 531 g/mol. The van der Waals surface area contributed by atoms with Crippen LogP contribution < -0.4 is 19.1 Å². The summed E-state index contributed by atoms with van der Waals surface area (Å²) in [5.41, 5.74) is 1.58. The summed E-state index contributed by atoms with van der Waals surface area (Å²) in [5.74, 6) is 0.864. The average Bonchev–Trinajstić information content (AvgIpc) is 2.87. The van der Waals surface area contributed by atoms with Crippen molar-refractivity contribution < 1.29 is 22.7 Å². The lowest BCUT2D eigenvalue weighted by atomic mass is 10.1. The van der Waals surface area contributed by atoms with Crippen molar-refractivity contribution in [2.45, 2.75) is 31.6 Å². The second-order valence-electron chi connectivity index (χ2n) is 7.98. The quantitative estimate of drug-likeness (QED) is 0.311. The molecule has 9 heteroatoms. The minimum atomic E-state index is -4.03. The molecule has 0 radical (unpaired) electrons. The molecule has 0 saturated carbocycles. The number of rotatable bonds is 13. The van der Waals surface area contributed by atoms with Crippen LogP contribution in [0, 0.1) is 0 Å². The van der Waals surface area contributed by atoms with E-state index in [2.05, 4.69) is 12.2 Å². The molecule has 3 aromatic carbocycles. The first-order valence-corrected chi connectivity index (χ1v) is 13.6. The largest absolute Gasteiger partial charge is 0.494 e. The van der Waals surface area contributed by atoms with Gasteiger partial charge in [-0.1, -0.05) is 37.1 Å². The number of halogens is 1. The first-order valence-electron chi connectivity index (χ1n) is 11.8. The Hall–Kier alpha value is -3.23. The highest BCUT2D eigenvalue weighted by Gasteiger charge is 2.27. The van der Waals surface area contributed by atoms with Crippen LogP contribution in [0.15, 0.2) is 77.7 Å². The van der Waals surface area contributed by atoms with Crippen LogP contribution >= 0.6 is 11.6 Å². The van der Waals surface area contributed by atoms with Crippen molar-refractivity contribution in [2.24, 2.45) is 0 Å². The molecule has 0 bridgehead atoms. The SMILES string of the molecule is CCCc1ccc(OCCNC(=O)CN(c2ccc(OCC)cc2)S(=O)(=O)c2ccc(Cl)cc2)cc1. The Morgan fingerprint density at radius 2 is 1.50 bits per heavy atom. The maximum atomic E-state index is 13.4. The van der Waals surface area contributed by atoms with Gasteiger partial charge in [0.2, 0.25) is 5.91 Å². The molecular weight excluding hydrogens is 500 g/mol. The summed E-state index contributed by atoms with van der Waals surface area (Å²) in [6, 6.07) is 20.2. The summed E-state index contributed by atoms with van der Waals surface area (Å²) in [4.78, 5) is 12.8. The van der Waals surface area contributed by atoms with Crippen LogP contribution in [0.4, 0.5) is 5.69 Å². The Bertz CT molecular complexity index is 1210. The number of amides is 1. The van der Waals surface area contributed by atoms with Crippen LogP contribution in [0.25, 0.3) is 0 Å². The topological polar surface area (TPSA) is 84.9 Å². The zero-order chi connectivity index (χ0) is 26.0. The van der Waals surface area contributed by atoms with Crippen molar-refractivity contribution >= 4 is 33.2 Å². The van der Waals surface area contributed by atoms with E-state index in [0.717, 1.165) is 17.1 Å². The molecule has 36 heavy (non-hydrogen) atoms. The van der Waals surface area contributed by atoms with E-state index in [4.69, 9.17) is 21.1 Å². The summed E-state index contributed by atoms with van der Waals surface area (Å²) >= 11 is 5.93. The second kappa shape index (κ2) is 13.2. The molecule has 1 amide bonds. The summed E-state index contributed by atoms with van der Waals surface area (Å²) < 4.78 is 39.1. The van der Waals surface area contributed by atoms with Crippen molar-refractivity contribution in [2.75, 3.05) is 30.6 Å². The number of anilines is 1. The van der Waals surface area contributed by atoms with Gasteiger partial charge in [0.1, 0.15) is 24.7 Å². The van der Waals surface area contributed by atoms with Crippen molar-refractivity contribution in [3.8, 4) is 11.5 Å². The number of nitrogens with one attached hydrogen (secondary N) is 1. The van der Waals surface area contributed by atoms with E-state index < -0.39 is 22.5 Å². The third-order valence-corrected chi connectivity index (χ3v) is 7.32. The highest BCUT2D eigenvalue weighted by molar-refractivity contribution is 7.92. The monoisotopic (exact) mass is 530 g/mol. The number of hydrogen-bond acceptors (Lipinski definition) is 5. The molecule has 0 aliphatic heterocycles. The number of sulfonamides is 1. The Balaban J connectivity index is 1.67. The van der Waals surface area contributed by atoms with Gasteiger partial charge in [-0.15, -0.1) is 0 Å². The van der Waals surface area contributed by atoms with Crippen LogP contribution in [0.3, 0.4) is 0 Å². The molecule has 0 heterocycles. The predicted molar refractivity (Wildman–Crippen MR) is 143 cm³/mol. The van der Waals surface area contributed by atoms with E-state index in [1.165, 1.54) is 29.8 Å². The molecule has 0 atom stereocenters. The molecule has 0 fully saturated rings. The van der Waals surface area contributed by atoms with Crippen molar-refractivity contribution in [3.63, 3.8) is 0 Å². The summed E-state index contributed by atoms with van der Waals surface area (Å²) in [5, 5.41) is 3.15. The molecule has 0 aliphatic carbocycles. The fourth-order valence-electron chi connectivity index (χ4n) is 3.51. The van der Waals surface area contributed by atoms with Crippen LogP contribution in [0.2, 0.25) is 5.02 Å². The molecule has 3 aromatic rings. The fraction of sp³-hybridized carbons (Fsp3) is 0.296. The van der Waals surface area contributed by atoms with Gasteiger partial charge in [-0.25, -0.2) is 8.42 Å². The zero-order valence-electron chi connectivity index (χ0n) is 20.4. The summed E-state index contributed by atoms with van der Waals surface area (Å²) in [6.07, 6.45) is 2.09. The highest BCUT2D eigenvalue weighted by Crippen LogP contribution is 2.26. The van der Waals surface area contributed by atoms with Crippen LogP contribution in [0.5, 0.6) is 11.5 Å². The van der Waals surface area contributed by atoms with Gasteiger partial charge in [-0.2, -0.15) is 0 Å². The lowest BCUT2D eigenvalue weighted by molar-refractivity contribution is -0.119. The zero-order valence-corrected chi connectivity index (χ0v) is 22.0. The number of nitrogens with zero attached hydrogens (tertiary/aromatic N) is 1. The Labute approximate surface area is 218 Å². The van der Waals surface area contributed by atoms with Crippen molar-refractivity contribution in [1.29, 1.82) is 0 Å². The van der Waals surface area contributed by atoms with Crippen LogP contribution in [0.1, 0.15) is 25.8 Å². The number of benzene rings is 3. The molecule has 0 spiro atoms. The van der Waals surface area contributed by atoms with E-state index in [0.29, 0.717) is 28.8 Å². The first kappa shape index (κ1) is 27.4. The van der Waals surface area contributed by atoms with Gasteiger partial charge >= 0.3 is 0 Å². The molecule has 7 nitrogen and oxygen atoms in total. The molecule has 1 N–H and O–H groups in total. The van der Waals surface area contributed by atoms with Gasteiger partial charge < -0.3 is 14.8 Å². The van der Waals surface area contributed by atoms with Crippen LogP contribution in [-0.2, 0) is 21.2 Å². The minimum Gasteiger partial charge on any atom is -0.494 e. The fourth-order valence-corrected chi connectivity index (χ4v) is 5.06. The molecule has 0 unspecified atom stereocenters. The molecular formula is C27H31ClN2O5S. The minimum absolute atomic E-state index is 0.0310. The number of hydrogen-bond donors (Lipinski definition) is 1. The van der Waals surface area contributed by atoms with Crippen molar-refractivity contribution in [1.82, 2.24) is 5.32 Å². The van der Waals surface area contributed by atoms with E-state index in [1.807, 2.05) is 31.2 Å². The van der Waals surface area contributed by atoms with Gasteiger partial charge in [-0.05, 0) is 79.6 Å². The van der Waals surface area contributed by atoms with Gasteiger partial charge in [0.15, 0.2) is 0 Å². The maximum Gasteiger partial charge on any atom is 0.264 e. The van der Waals surface area contributed by atoms with E-state index >= 15 is 0 Å². The number of ether oxygens (including phenoxy) is 2. The predicted octanol–water partition coefficient (Wildman–Crippen LogP) is 5.08. The Morgan fingerprint density at radius 1 is 0.889 bits per heavy atom. The third kappa shape index (κ3) is 7.63. The molecule has 3 rings (SSSR count). The molecule has 0 saturated heterocycles. The number of carbonyl (C=O) groups is 1. The summed E-state index contributed by atoms with van der Waals surface area (Å²) in [6.45, 7) is 4.56. The Kier molecular flexibility index (Phi) is 10.0. The molecule has 0 aliphatic rings. The van der Waals surface area contributed by atoms with Gasteiger partial charge in [0.25, 0.3) is 10.0 Å². The maximum absolute atomic E-state index is 13.4. The lowest BCUT2D eigenvalue weighted by Gasteiger charge is -2.24. The number of aryl methyl sites for hydroxylation is 1. The standard InChI is InChI=1S/C27H31ClN2O5S/c1-3-5-21-6-12-25(13-7-21)35-19-18-29-27(31)20-30(23-10-14-24(15-11-23)34-4-2)36(32,33)26-16-8-22(28)9-17-26/h6-17H,3-5,18-20H2,1-2H3,(H,29,31). The lowest BCUT2D eigenvalue weighted by Crippen LogP contribution is -2.41. The Morgan fingerprint density at radius 3 is 2.11 bits per heavy atom. The summed E-state index contributed by atoms with van der Waals surface area (Å²) in [7, 11) is -4.03.